The molecule has 0 unspecified atom stereocenters. The van der Waals surface area contributed by atoms with Gasteiger partial charge in [-0.05, 0) is 70.7 Å². The van der Waals surface area contributed by atoms with Crippen LogP contribution in [0.1, 0.15) is 11.1 Å². The first-order valence-corrected chi connectivity index (χ1v) is 6.72. The Morgan fingerprint density at radius 3 is 1.50 bits per heavy atom. The molecule has 0 aliphatic rings. The highest BCUT2D eigenvalue weighted by Crippen LogP contribution is 2.29. The van der Waals surface area contributed by atoms with Crippen LogP contribution in [0, 0.1) is 9.81 Å². The van der Waals surface area contributed by atoms with E-state index in [9.17, 15) is 9.81 Å². The van der Waals surface area contributed by atoms with Gasteiger partial charge in [0.2, 0.25) is 0 Å². The van der Waals surface area contributed by atoms with E-state index in [-0.39, 0.29) is 0 Å². The van der Waals surface area contributed by atoms with Gasteiger partial charge < -0.3 is 9.47 Å². The molecule has 0 aliphatic heterocycles. The normalized spacial score (nSPS) is 10.1. The first-order chi connectivity index (χ1) is 10.7. The Kier molecular flexibility index (Phi) is 5.19. The van der Waals surface area contributed by atoms with E-state index >= 15 is 0 Å². The highest BCUT2D eigenvalue weighted by Gasteiger charge is 2.09. The fourth-order valence-electron chi connectivity index (χ4n) is 2.23. The van der Waals surface area contributed by atoms with Crippen LogP contribution in [0.4, 0.5) is 11.4 Å². The third kappa shape index (κ3) is 3.46. The molecule has 2 rings (SSSR count). The lowest BCUT2D eigenvalue weighted by Crippen LogP contribution is -1.95. The number of nitroso groups, excluding NO2 is 2. The molecule has 0 spiro atoms. The van der Waals surface area contributed by atoms with Crippen molar-refractivity contribution in [2.24, 2.45) is 10.4 Å². The van der Waals surface area contributed by atoms with E-state index in [0.717, 1.165) is 11.1 Å². The van der Waals surface area contributed by atoms with Gasteiger partial charge in [0.15, 0.2) is 0 Å². The van der Waals surface area contributed by atoms with Crippen molar-refractivity contribution in [3.8, 4) is 11.5 Å². The van der Waals surface area contributed by atoms with Gasteiger partial charge in [-0.2, -0.15) is 0 Å². The lowest BCUT2D eigenvalue weighted by atomic mass is 10.0. The zero-order valence-corrected chi connectivity index (χ0v) is 12.4. The molecule has 0 radical (unpaired) electrons. The number of methoxy groups -OCH3 is 2. The summed E-state index contributed by atoms with van der Waals surface area (Å²) in [5.41, 5.74) is 2.25. The van der Waals surface area contributed by atoms with E-state index in [1.54, 1.807) is 50.6 Å². The molecule has 22 heavy (non-hydrogen) atoms. The third-order valence-corrected chi connectivity index (χ3v) is 3.43. The molecule has 0 heterocycles. The Labute approximate surface area is 128 Å². The minimum atomic E-state index is 0.365. The summed E-state index contributed by atoms with van der Waals surface area (Å²) in [5.74, 6) is 1.31. The Morgan fingerprint density at radius 1 is 0.773 bits per heavy atom. The molecule has 114 valence electrons. The van der Waals surface area contributed by atoms with E-state index in [1.807, 2.05) is 0 Å². The van der Waals surface area contributed by atoms with Gasteiger partial charge >= 0.3 is 0 Å². The summed E-state index contributed by atoms with van der Waals surface area (Å²) in [6.45, 7) is 0. The van der Waals surface area contributed by atoms with Gasteiger partial charge in [0.25, 0.3) is 0 Å². The van der Waals surface area contributed by atoms with Gasteiger partial charge in [-0.1, -0.05) is 0 Å². The molecule has 6 nitrogen and oxygen atoms in total. The molecule has 0 bridgehead atoms. The van der Waals surface area contributed by atoms with Crippen molar-refractivity contribution >= 4 is 11.4 Å². The van der Waals surface area contributed by atoms with Crippen LogP contribution in [0.2, 0.25) is 0 Å². The van der Waals surface area contributed by atoms with Crippen molar-refractivity contribution in [1.82, 2.24) is 0 Å². The molecule has 2 aromatic rings. The lowest BCUT2D eigenvalue weighted by Gasteiger charge is -2.09. The second-order valence-electron chi connectivity index (χ2n) is 4.67. The van der Waals surface area contributed by atoms with Crippen molar-refractivity contribution in [2.75, 3.05) is 14.2 Å². The van der Waals surface area contributed by atoms with Crippen LogP contribution in [-0.4, -0.2) is 14.2 Å². The van der Waals surface area contributed by atoms with Crippen molar-refractivity contribution < 1.29 is 9.47 Å². The molecule has 0 N–H and O–H groups in total. The fraction of sp³-hybridized carbons (Fsp3) is 0.250. The summed E-state index contributed by atoms with van der Waals surface area (Å²) in [5, 5.41) is 6.04. The molecule has 0 atom stereocenters. The Bertz CT molecular complexity index is 626. The van der Waals surface area contributed by atoms with Crippen molar-refractivity contribution in [2.45, 2.75) is 12.8 Å². The molecule has 0 fully saturated rings. The number of hydrogen-bond acceptors (Lipinski definition) is 6. The molecule has 0 saturated heterocycles. The molecule has 0 aromatic heterocycles. The SMILES string of the molecule is COc1ccc(N=O)c(CCc2cc(OC)ccc2N=O)c1. The fourth-order valence-corrected chi connectivity index (χ4v) is 2.23. The minimum Gasteiger partial charge on any atom is -0.497 e. The number of benzene rings is 2. The quantitative estimate of drug-likeness (QED) is 0.715. The number of aryl methyl sites for hydroxylation is 2. The average molecular weight is 300 g/mol. The smallest absolute Gasteiger partial charge is 0.119 e. The van der Waals surface area contributed by atoms with Crippen molar-refractivity contribution in [3.05, 3.63) is 57.3 Å². The van der Waals surface area contributed by atoms with Crippen LogP contribution >= 0.6 is 0 Å². The molecule has 6 heteroatoms. The lowest BCUT2D eigenvalue weighted by molar-refractivity contribution is 0.414. The second-order valence-corrected chi connectivity index (χ2v) is 4.67. The molecule has 0 saturated carbocycles. The third-order valence-electron chi connectivity index (χ3n) is 3.43. The highest BCUT2D eigenvalue weighted by atomic mass is 16.5. The van der Waals surface area contributed by atoms with Crippen LogP contribution < -0.4 is 9.47 Å². The van der Waals surface area contributed by atoms with E-state index in [4.69, 9.17) is 9.47 Å². The molecule has 2 aromatic carbocycles. The first-order valence-electron chi connectivity index (χ1n) is 6.72. The predicted octanol–water partition coefficient (Wildman–Crippen LogP) is 4.28. The van der Waals surface area contributed by atoms with Crippen LogP contribution in [0.5, 0.6) is 11.5 Å². The maximum absolute atomic E-state index is 10.9. The Hall–Kier alpha value is -2.76. The summed E-state index contributed by atoms with van der Waals surface area (Å²) < 4.78 is 10.3. The maximum Gasteiger partial charge on any atom is 0.119 e. The zero-order valence-electron chi connectivity index (χ0n) is 12.4. The molecule has 0 amide bonds. The molecular formula is C16H16N2O4. The van der Waals surface area contributed by atoms with Gasteiger partial charge in [-0.15, -0.1) is 9.81 Å². The van der Waals surface area contributed by atoms with Crippen LogP contribution in [-0.2, 0) is 12.8 Å². The first kappa shape index (κ1) is 15.6. The largest absolute Gasteiger partial charge is 0.497 e. The molecule has 0 aliphatic carbocycles. The second kappa shape index (κ2) is 7.31. The van der Waals surface area contributed by atoms with Crippen molar-refractivity contribution in [3.63, 3.8) is 0 Å². The van der Waals surface area contributed by atoms with Gasteiger partial charge in [0.1, 0.15) is 22.9 Å². The summed E-state index contributed by atoms with van der Waals surface area (Å²) >= 11 is 0. The monoisotopic (exact) mass is 300 g/mol. The number of hydrogen-bond donors (Lipinski definition) is 0. The van der Waals surface area contributed by atoms with E-state index < -0.39 is 0 Å². The van der Waals surface area contributed by atoms with E-state index in [0.29, 0.717) is 35.7 Å². The van der Waals surface area contributed by atoms with Gasteiger partial charge in [0.05, 0.1) is 14.2 Å². The predicted molar refractivity (Wildman–Crippen MR) is 84.3 cm³/mol. The van der Waals surface area contributed by atoms with Crippen LogP contribution in [0.15, 0.2) is 46.8 Å². The van der Waals surface area contributed by atoms with Gasteiger partial charge in [-0.25, -0.2) is 0 Å². The van der Waals surface area contributed by atoms with E-state index in [1.165, 1.54) is 0 Å². The van der Waals surface area contributed by atoms with Crippen LogP contribution in [0.3, 0.4) is 0 Å². The van der Waals surface area contributed by atoms with Gasteiger partial charge in [0, 0.05) is 0 Å². The summed E-state index contributed by atoms with van der Waals surface area (Å²) in [4.78, 5) is 21.8. The van der Waals surface area contributed by atoms with Gasteiger partial charge in [-0.3, -0.25) is 0 Å². The topological polar surface area (TPSA) is 77.3 Å². The summed E-state index contributed by atoms with van der Waals surface area (Å²) in [6, 6.07) is 10.1. The Balaban J connectivity index is 2.26. The van der Waals surface area contributed by atoms with Crippen LogP contribution in [0.25, 0.3) is 0 Å². The zero-order chi connectivity index (χ0) is 15.9. The standard InChI is InChI=1S/C16H16N2O4/c1-21-13-5-7-15(17-19)11(9-13)3-4-12-10-14(22-2)6-8-16(12)18-20/h5-10H,3-4H2,1-2H3. The Morgan fingerprint density at radius 2 is 1.18 bits per heavy atom. The highest BCUT2D eigenvalue weighted by molar-refractivity contribution is 5.53. The molecular weight excluding hydrogens is 284 g/mol. The average Bonchev–Trinajstić information content (AvgIpc) is 2.59. The number of rotatable bonds is 7. The van der Waals surface area contributed by atoms with Crippen molar-refractivity contribution in [1.29, 1.82) is 0 Å². The van der Waals surface area contributed by atoms with E-state index in [2.05, 4.69) is 10.4 Å². The maximum atomic E-state index is 10.9. The minimum absolute atomic E-state index is 0.365. The number of nitrogens with zero attached hydrogens (tertiary/aromatic N) is 2. The summed E-state index contributed by atoms with van der Waals surface area (Å²) in [6.07, 6.45) is 1.07. The summed E-state index contributed by atoms with van der Waals surface area (Å²) in [7, 11) is 3.12. The number of ether oxygens (including phenoxy) is 2.